The molecule has 0 saturated heterocycles. The Bertz CT molecular complexity index is 1690. The number of hydrogen-bond donors (Lipinski definition) is 1. The number of hydrogen-bond acceptors (Lipinski definition) is 4. The van der Waals surface area contributed by atoms with E-state index in [0.717, 1.165) is 44.3 Å². The average molecular weight is 626 g/mol. The quantitative estimate of drug-likeness (QED) is 0.224. The third-order valence-corrected chi connectivity index (χ3v) is 5.87. The van der Waals surface area contributed by atoms with E-state index in [2.05, 4.69) is 40.7 Å². The molecule has 0 unspecified atom stereocenters. The second-order valence-electron chi connectivity index (χ2n) is 8.13. The molecule has 3 aromatic heterocycles. The Morgan fingerprint density at radius 1 is 0.824 bits per heavy atom. The summed E-state index contributed by atoms with van der Waals surface area (Å²) in [6.45, 7) is 4.06. The van der Waals surface area contributed by atoms with Crippen molar-refractivity contribution in [1.29, 1.82) is 0 Å². The molecule has 170 valence electrons. The van der Waals surface area contributed by atoms with Crippen molar-refractivity contribution in [3.63, 3.8) is 0 Å². The van der Waals surface area contributed by atoms with E-state index in [1.165, 1.54) is 0 Å². The fourth-order valence-electron chi connectivity index (χ4n) is 4.28. The van der Waals surface area contributed by atoms with Gasteiger partial charge < -0.3 is 14.4 Å². The smallest absolute Gasteiger partial charge is 0.217 e. The van der Waals surface area contributed by atoms with Crippen LogP contribution in [0.2, 0.25) is 0 Å². The molecular formula is C28H20N3O2Pt-. The van der Waals surface area contributed by atoms with Crippen LogP contribution in [-0.4, -0.2) is 19.6 Å². The molecule has 0 radical (unpaired) electrons. The van der Waals surface area contributed by atoms with Gasteiger partial charge in [0.2, 0.25) is 5.88 Å². The van der Waals surface area contributed by atoms with Crippen LogP contribution in [0.5, 0.6) is 17.4 Å². The Hall–Kier alpha value is -3.69. The Kier molecular flexibility index (Phi) is 5.58. The summed E-state index contributed by atoms with van der Waals surface area (Å²) in [4.78, 5) is 9.32. The number of nitrogens with zero attached hydrogens (tertiary/aromatic N) is 3. The molecule has 0 aliphatic rings. The maximum Gasteiger partial charge on any atom is 0.217 e. The minimum absolute atomic E-state index is 0. The number of aromatic nitrogens is 3. The zero-order valence-electron chi connectivity index (χ0n) is 18.5. The van der Waals surface area contributed by atoms with Crippen LogP contribution in [0.1, 0.15) is 11.3 Å². The van der Waals surface area contributed by atoms with Gasteiger partial charge in [0.05, 0.1) is 0 Å². The topological polar surface area (TPSA) is 60.2 Å². The predicted molar refractivity (Wildman–Crippen MR) is 130 cm³/mol. The number of rotatable bonds is 3. The Morgan fingerprint density at radius 3 is 2.56 bits per heavy atom. The minimum atomic E-state index is 0. The Labute approximate surface area is 210 Å². The largest absolute Gasteiger partial charge is 0.506 e. The first-order valence-corrected chi connectivity index (χ1v) is 10.8. The summed E-state index contributed by atoms with van der Waals surface area (Å²) >= 11 is 0. The molecule has 6 aromatic rings. The SMILES string of the molecule is Cc1ccc(C)c(-n2c3[c-]c(Oc4ccc5cccc(O)c5n4)ccc3c3ccccc32)n1.[Pt]. The fraction of sp³-hybridized carbons (Fsp3) is 0.0714. The summed E-state index contributed by atoms with van der Waals surface area (Å²) in [5, 5.41) is 13.2. The molecule has 0 aliphatic carbocycles. The third-order valence-electron chi connectivity index (χ3n) is 5.87. The second-order valence-corrected chi connectivity index (χ2v) is 8.13. The molecule has 0 amide bonds. The summed E-state index contributed by atoms with van der Waals surface area (Å²) in [6, 6.07) is 28.8. The first kappa shape index (κ1) is 22.1. The number of pyridine rings is 2. The van der Waals surface area contributed by atoms with Crippen LogP contribution in [-0.2, 0) is 21.1 Å². The number of aryl methyl sites for hydroxylation is 2. The van der Waals surface area contributed by atoms with Crippen molar-refractivity contribution in [3.05, 3.63) is 96.2 Å². The first-order valence-electron chi connectivity index (χ1n) is 10.8. The Morgan fingerprint density at radius 2 is 1.68 bits per heavy atom. The first-order chi connectivity index (χ1) is 16.1. The molecule has 3 heterocycles. The fourth-order valence-corrected chi connectivity index (χ4v) is 4.28. The number of aromatic hydroxyl groups is 1. The van der Waals surface area contributed by atoms with Gasteiger partial charge in [-0.1, -0.05) is 41.9 Å². The minimum Gasteiger partial charge on any atom is -0.506 e. The summed E-state index contributed by atoms with van der Waals surface area (Å²) in [5.41, 5.74) is 4.49. The number of para-hydroxylation sites is 2. The molecule has 0 bridgehead atoms. The number of phenolic OH excluding ortho intramolecular Hbond substituents is 1. The summed E-state index contributed by atoms with van der Waals surface area (Å²) in [6.07, 6.45) is 0. The Balaban J connectivity index is 0.00000241. The van der Waals surface area contributed by atoms with Crippen LogP contribution in [0, 0.1) is 19.9 Å². The molecule has 0 atom stereocenters. The van der Waals surface area contributed by atoms with E-state index in [4.69, 9.17) is 9.72 Å². The van der Waals surface area contributed by atoms with Crippen molar-refractivity contribution in [2.75, 3.05) is 0 Å². The van der Waals surface area contributed by atoms with Gasteiger partial charge in [-0.3, -0.25) is 0 Å². The van der Waals surface area contributed by atoms with Crippen LogP contribution in [0.15, 0.2) is 78.9 Å². The van der Waals surface area contributed by atoms with E-state index in [0.29, 0.717) is 17.1 Å². The summed E-state index contributed by atoms with van der Waals surface area (Å²) in [7, 11) is 0. The van der Waals surface area contributed by atoms with E-state index in [1.807, 2.05) is 49.4 Å². The maximum absolute atomic E-state index is 10.2. The summed E-state index contributed by atoms with van der Waals surface area (Å²) < 4.78 is 8.22. The predicted octanol–water partition coefficient (Wildman–Crippen LogP) is 6.64. The molecule has 34 heavy (non-hydrogen) atoms. The molecule has 6 heteroatoms. The van der Waals surface area contributed by atoms with E-state index >= 15 is 0 Å². The van der Waals surface area contributed by atoms with Crippen molar-refractivity contribution in [3.8, 4) is 23.2 Å². The molecule has 1 N–H and O–H groups in total. The van der Waals surface area contributed by atoms with Gasteiger partial charge in [-0.2, -0.15) is 6.07 Å². The third kappa shape index (κ3) is 3.63. The zero-order valence-corrected chi connectivity index (χ0v) is 20.8. The summed E-state index contributed by atoms with van der Waals surface area (Å²) in [5.74, 6) is 1.94. The van der Waals surface area contributed by atoms with Gasteiger partial charge >= 0.3 is 0 Å². The zero-order chi connectivity index (χ0) is 22.5. The van der Waals surface area contributed by atoms with Crippen LogP contribution in [0.25, 0.3) is 38.5 Å². The monoisotopic (exact) mass is 625 g/mol. The molecule has 6 rings (SSSR count). The van der Waals surface area contributed by atoms with Gasteiger partial charge in [0, 0.05) is 49.5 Å². The number of ether oxygens (including phenoxy) is 1. The molecule has 0 spiro atoms. The van der Waals surface area contributed by atoms with Crippen LogP contribution in [0.3, 0.4) is 0 Å². The van der Waals surface area contributed by atoms with Crippen molar-refractivity contribution >= 4 is 32.7 Å². The maximum atomic E-state index is 10.2. The van der Waals surface area contributed by atoms with E-state index < -0.39 is 0 Å². The standard InChI is InChI=1S/C28H20N3O2.Pt/c1-17-10-11-18(2)29-28(17)31-23-8-4-3-7-21(23)22-14-13-20(16-24(22)31)33-26-15-12-19-6-5-9-25(32)27(19)30-26;/h3-15,32H,1-2H3;/q-1;. The van der Waals surface area contributed by atoms with Crippen LogP contribution >= 0.6 is 0 Å². The van der Waals surface area contributed by atoms with E-state index in [1.54, 1.807) is 18.2 Å². The molecule has 0 aliphatic heterocycles. The van der Waals surface area contributed by atoms with Crippen molar-refractivity contribution in [1.82, 2.24) is 14.5 Å². The molecule has 5 nitrogen and oxygen atoms in total. The van der Waals surface area contributed by atoms with E-state index in [9.17, 15) is 5.11 Å². The van der Waals surface area contributed by atoms with Gasteiger partial charge in [-0.05, 0) is 49.1 Å². The van der Waals surface area contributed by atoms with E-state index in [-0.39, 0.29) is 26.8 Å². The number of fused-ring (bicyclic) bond motifs is 4. The van der Waals surface area contributed by atoms with Gasteiger partial charge in [-0.25, -0.2) is 9.97 Å². The molecular weight excluding hydrogens is 605 g/mol. The van der Waals surface area contributed by atoms with Gasteiger partial charge in [0.25, 0.3) is 0 Å². The van der Waals surface area contributed by atoms with Gasteiger partial charge in [0.1, 0.15) is 17.1 Å². The molecule has 0 fully saturated rings. The number of phenols is 1. The molecule has 3 aromatic carbocycles. The second kappa shape index (κ2) is 8.58. The van der Waals surface area contributed by atoms with Crippen molar-refractivity contribution in [2.45, 2.75) is 13.8 Å². The normalized spacial score (nSPS) is 11.1. The van der Waals surface area contributed by atoms with Gasteiger partial charge in [-0.15, -0.1) is 17.5 Å². The number of benzene rings is 3. The van der Waals surface area contributed by atoms with Crippen LogP contribution < -0.4 is 4.74 Å². The van der Waals surface area contributed by atoms with Crippen molar-refractivity contribution < 1.29 is 30.9 Å². The van der Waals surface area contributed by atoms with Crippen LogP contribution in [0.4, 0.5) is 0 Å². The van der Waals surface area contributed by atoms with Gasteiger partial charge in [0.15, 0.2) is 0 Å². The van der Waals surface area contributed by atoms with Crippen molar-refractivity contribution in [2.24, 2.45) is 0 Å². The molecule has 0 saturated carbocycles. The average Bonchev–Trinajstić information content (AvgIpc) is 3.15.